The Bertz CT molecular complexity index is 576. The molecular weight excluding hydrogens is 336 g/mol. The van der Waals surface area contributed by atoms with Gasteiger partial charge in [-0.3, -0.25) is 19.3 Å². The van der Waals surface area contributed by atoms with E-state index in [0.29, 0.717) is 4.47 Å². The van der Waals surface area contributed by atoms with Crippen molar-refractivity contribution < 1.29 is 14.4 Å². The van der Waals surface area contributed by atoms with Gasteiger partial charge >= 0.3 is 0 Å². The Hall–Kier alpha value is -1.40. The van der Waals surface area contributed by atoms with Crippen molar-refractivity contribution in [2.75, 3.05) is 7.05 Å². The standard InChI is InChI=1S/C12H10BrClN2O3/c1-16-9(17)5-8(12(16)19)15-11(18)6-3-2-4-7(13)10(6)14/h2-4,8H,5H2,1H3,(H,15,18). The SMILES string of the molecule is CN1C(=O)CC(NC(=O)c2cccc(Br)c2Cl)C1=O. The number of imide groups is 1. The van der Waals surface area contributed by atoms with Gasteiger partial charge in [0.25, 0.3) is 11.8 Å². The Morgan fingerprint density at radius 3 is 2.74 bits per heavy atom. The number of nitrogens with one attached hydrogen (secondary N) is 1. The highest BCUT2D eigenvalue weighted by Crippen LogP contribution is 2.26. The number of carbonyl (C=O) groups is 3. The highest BCUT2D eigenvalue weighted by atomic mass is 79.9. The van der Waals surface area contributed by atoms with Crippen LogP contribution in [0.2, 0.25) is 5.02 Å². The average molecular weight is 346 g/mol. The highest BCUT2D eigenvalue weighted by molar-refractivity contribution is 9.10. The summed E-state index contributed by atoms with van der Waals surface area (Å²) < 4.78 is 0.591. The summed E-state index contributed by atoms with van der Waals surface area (Å²) in [6.45, 7) is 0. The topological polar surface area (TPSA) is 66.5 Å². The highest BCUT2D eigenvalue weighted by Gasteiger charge is 2.37. The van der Waals surface area contributed by atoms with Gasteiger partial charge in [0, 0.05) is 11.5 Å². The molecule has 7 heteroatoms. The van der Waals surface area contributed by atoms with Crippen LogP contribution >= 0.6 is 27.5 Å². The molecule has 1 fully saturated rings. The lowest BCUT2D eigenvalue weighted by Crippen LogP contribution is -2.40. The van der Waals surface area contributed by atoms with Crippen molar-refractivity contribution in [2.24, 2.45) is 0 Å². The van der Waals surface area contributed by atoms with Crippen LogP contribution < -0.4 is 5.32 Å². The van der Waals surface area contributed by atoms with Gasteiger partial charge in [-0.1, -0.05) is 17.7 Å². The smallest absolute Gasteiger partial charge is 0.253 e. The van der Waals surface area contributed by atoms with Gasteiger partial charge in [-0.05, 0) is 28.1 Å². The molecule has 5 nitrogen and oxygen atoms in total. The lowest BCUT2D eigenvalue weighted by molar-refractivity contribution is -0.137. The summed E-state index contributed by atoms with van der Waals surface area (Å²) in [6, 6.07) is 4.10. The Balaban J connectivity index is 2.16. The largest absolute Gasteiger partial charge is 0.340 e. The molecule has 1 aromatic carbocycles. The van der Waals surface area contributed by atoms with Crippen molar-refractivity contribution in [1.82, 2.24) is 10.2 Å². The third-order valence-electron chi connectivity index (χ3n) is 2.88. The van der Waals surface area contributed by atoms with E-state index in [2.05, 4.69) is 21.2 Å². The van der Waals surface area contributed by atoms with E-state index in [0.717, 1.165) is 4.90 Å². The molecule has 1 aromatic rings. The van der Waals surface area contributed by atoms with Crippen LogP contribution in [-0.2, 0) is 9.59 Å². The van der Waals surface area contributed by atoms with Crippen molar-refractivity contribution in [3.8, 4) is 0 Å². The Morgan fingerprint density at radius 2 is 2.16 bits per heavy atom. The predicted molar refractivity (Wildman–Crippen MR) is 72.8 cm³/mol. The first-order valence-electron chi connectivity index (χ1n) is 5.47. The third kappa shape index (κ3) is 2.64. The first kappa shape index (κ1) is 14.0. The molecule has 0 radical (unpaired) electrons. The first-order chi connectivity index (χ1) is 8.91. The molecule has 1 heterocycles. The van der Waals surface area contributed by atoms with Crippen LogP contribution in [0.3, 0.4) is 0 Å². The number of likely N-dealkylation sites (N-methyl/N-ethyl adjacent to an activating group) is 1. The van der Waals surface area contributed by atoms with Gasteiger partial charge in [0.05, 0.1) is 17.0 Å². The fourth-order valence-corrected chi connectivity index (χ4v) is 2.36. The number of hydrogen-bond donors (Lipinski definition) is 1. The van der Waals surface area contributed by atoms with Crippen LogP contribution in [0.1, 0.15) is 16.8 Å². The maximum Gasteiger partial charge on any atom is 0.253 e. The van der Waals surface area contributed by atoms with E-state index in [1.165, 1.54) is 7.05 Å². The number of rotatable bonds is 2. The van der Waals surface area contributed by atoms with E-state index >= 15 is 0 Å². The van der Waals surface area contributed by atoms with Gasteiger partial charge in [0.15, 0.2) is 0 Å². The molecule has 0 bridgehead atoms. The van der Waals surface area contributed by atoms with E-state index in [4.69, 9.17) is 11.6 Å². The van der Waals surface area contributed by atoms with Gasteiger partial charge in [-0.15, -0.1) is 0 Å². The molecule has 1 unspecified atom stereocenters. The van der Waals surface area contributed by atoms with E-state index < -0.39 is 17.9 Å². The van der Waals surface area contributed by atoms with Crippen molar-refractivity contribution in [3.05, 3.63) is 33.3 Å². The second-order valence-corrected chi connectivity index (χ2v) is 5.35. The number of hydrogen-bond acceptors (Lipinski definition) is 3. The Labute approximate surface area is 123 Å². The minimum Gasteiger partial charge on any atom is -0.340 e. The van der Waals surface area contributed by atoms with E-state index in [9.17, 15) is 14.4 Å². The Kier molecular flexibility index (Phi) is 3.91. The average Bonchev–Trinajstić information content (AvgIpc) is 2.60. The molecule has 100 valence electrons. The minimum atomic E-state index is -0.819. The molecule has 1 aliphatic heterocycles. The predicted octanol–water partition coefficient (Wildman–Crippen LogP) is 1.59. The van der Waals surface area contributed by atoms with Gasteiger partial charge in [0.1, 0.15) is 6.04 Å². The van der Waals surface area contributed by atoms with Crippen LogP contribution in [-0.4, -0.2) is 35.7 Å². The molecule has 0 aromatic heterocycles. The maximum atomic E-state index is 12.0. The number of carbonyl (C=O) groups excluding carboxylic acids is 3. The summed E-state index contributed by atoms with van der Waals surface area (Å²) in [4.78, 5) is 36.1. The second kappa shape index (κ2) is 5.30. The monoisotopic (exact) mass is 344 g/mol. The summed E-state index contributed by atoms with van der Waals surface area (Å²) in [5.74, 6) is -1.20. The quantitative estimate of drug-likeness (QED) is 0.828. The molecule has 0 spiro atoms. The molecule has 0 saturated carbocycles. The van der Waals surface area contributed by atoms with Crippen LogP contribution in [0.25, 0.3) is 0 Å². The number of halogens is 2. The lowest BCUT2D eigenvalue weighted by atomic mass is 10.2. The van der Waals surface area contributed by atoms with Gasteiger partial charge in [-0.25, -0.2) is 0 Å². The zero-order valence-electron chi connectivity index (χ0n) is 9.94. The zero-order valence-corrected chi connectivity index (χ0v) is 12.3. The molecule has 1 aliphatic rings. The summed E-state index contributed by atoms with van der Waals surface area (Å²) in [5.41, 5.74) is 0.255. The molecule has 1 saturated heterocycles. The van der Waals surface area contributed by atoms with Crippen molar-refractivity contribution in [1.29, 1.82) is 0 Å². The number of nitrogens with zero attached hydrogens (tertiary/aromatic N) is 1. The molecule has 19 heavy (non-hydrogen) atoms. The molecule has 1 atom stereocenters. The van der Waals surface area contributed by atoms with Crippen molar-refractivity contribution >= 4 is 45.3 Å². The molecule has 1 N–H and O–H groups in total. The second-order valence-electron chi connectivity index (χ2n) is 4.12. The lowest BCUT2D eigenvalue weighted by Gasteiger charge is -2.12. The summed E-state index contributed by atoms with van der Waals surface area (Å²) in [5, 5.41) is 2.79. The number of amides is 3. The number of benzene rings is 1. The summed E-state index contributed by atoms with van der Waals surface area (Å²) in [6.07, 6.45) is -0.0211. The normalized spacial score (nSPS) is 18.9. The molecule has 0 aliphatic carbocycles. The van der Waals surface area contributed by atoms with Crippen molar-refractivity contribution in [2.45, 2.75) is 12.5 Å². The fourth-order valence-electron chi connectivity index (χ4n) is 1.78. The van der Waals surface area contributed by atoms with Crippen LogP contribution in [0.15, 0.2) is 22.7 Å². The van der Waals surface area contributed by atoms with E-state index in [-0.39, 0.29) is 22.9 Å². The van der Waals surface area contributed by atoms with Crippen LogP contribution in [0, 0.1) is 0 Å². The van der Waals surface area contributed by atoms with Gasteiger partial charge < -0.3 is 5.32 Å². The maximum absolute atomic E-state index is 12.0. The Morgan fingerprint density at radius 1 is 1.47 bits per heavy atom. The summed E-state index contributed by atoms with van der Waals surface area (Å²) >= 11 is 9.21. The zero-order chi connectivity index (χ0) is 14.2. The van der Waals surface area contributed by atoms with E-state index in [1.807, 2.05) is 0 Å². The van der Waals surface area contributed by atoms with Gasteiger partial charge in [-0.2, -0.15) is 0 Å². The van der Waals surface area contributed by atoms with Crippen LogP contribution in [0.5, 0.6) is 0 Å². The van der Waals surface area contributed by atoms with E-state index in [1.54, 1.807) is 18.2 Å². The number of likely N-dealkylation sites (tertiary alicyclic amines) is 1. The minimum absolute atomic E-state index is 0.0211. The fraction of sp³-hybridized carbons (Fsp3) is 0.250. The van der Waals surface area contributed by atoms with Gasteiger partial charge in [0.2, 0.25) is 5.91 Å². The molecule has 3 amide bonds. The summed E-state index contributed by atoms with van der Waals surface area (Å²) in [7, 11) is 1.39. The first-order valence-corrected chi connectivity index (χ1v) is 6.64. The third-order valence-corrected chi connectivity index (χ3v) is 4.18. The molecule has 2 rings (SSSR count). The van der Waals surface area contributed by atoms with Crippen LogP contribution in [0.4, 0.5) is 0 Å². The van der Waals surface area contributed by atoms with Crippen molar-refractivity contribution in [3.63, 3.8) is 0 Å². The molecular formula is C12H10BrClN2O3.